The molecule has 4 N–H and O–H groups in total. The molecule has 1 saturated carbocycles. The molecule has 0 aromatic heterocycles. The van der Waals surface area contributed by atoms with Crippen molar-refractivity contribution >= 4 is 0 Å². The number of nitrogens with zero attached hydrogens (tertiary/aromatic N) is 1. The van der Waals surface area contributed by atoms with Gasteiger partial charge in [0.1, 0.15) is 0 Å². The maximum absolute atomic E-state index is 3.85. The molecule has 4 fully saturated rings. The second-order valence-corrected chi connectivity index (χ2v) is 8.67. The summed E-state index contributed by atoms with van der Waals surface area (Å²) in [6, 6.07) is 0.826. The van der Waals surface area contributed by atoms with E-state index in [-0.39, 0.29) is 0 Å². The Morgan fingerprint density at radius 1 is 0.696 bits per heavy atom. The van der Waals surface area contributed by atoms with Crippen LogP contribution >= 0.6 is 0 Å². The van der Waals surface area contributed by atoms with E-state index in [2.05, 4.69) is 40.5 Å². The van der Waals surface area contributed by atoms with E-state index < -0.39 is 0 Å². The van der Waals surface area contributed by atoms with Crippen molar-refractivity contribution in [2.24, 2.45) is 29.6 Å². The van der Waals surface area contributed by atoms with E-state index in [9.17, 15) is 0 Å². The lowest BCUT2D eigenvalue weighted by Crippen LogP contribution is -2.51. The smallest absolute Gasteiger partial charge is 0.0604 e. The molecule has 3 heterocycles. The van der Waals surface area contributed by atoms with E-state index in [1.54, 1.807) is 0 Å². The molecule has 1 aliphatic carbocycles. The molecule has 0 spiro atoms. The van der Waals surface area contributed by atoms with Crippen LogP contribution in [0.1, 0.15) is 32.1 Å². The number of hydrogen-bond acceptors (Lipinski definition) is 5. The molecule has 0 aromatic carbocycles. The highest BCUT2D eigenvalue weighted by Gasteiger charge is 2.45. The number of nitrogens with one attached hydrogen (secondary N) is 4. The van der Waals surface area contributed by atoms with Gasteiger partial charge < -0.3 is 15.5 Å². The highest BCUT2D eigenvalue weighted by atomic mass is 15.4. The minimum atomic E-state index is 0.579. The number of hydrazine groups is 1. The predicted molar refractivity (Wildman–Crippen MR) is 93.8 cm³/mol. The molecule has 4 rings (SSSR count). The van der Waals surface area contributed by atoms with Gasteiger partial charge in [0, 0.05) is 25.7 Å². The molecule has 4 unspecified atom stereocenters. The third-order valence-corrected chi connectivity index (χ3v) is 7.32. The van der Waals surface area contributed by atoms with Gasteiger partial charge in [-0.25, -0.2) is 0 Å². The lowest BCUT2D eigenvalue weighted by Gasteiger charge is -2.42. The third kappa shape index (κ3) is 3.31. The Morgan fingerprint density at radius 3 is 2.09 bits per heavy atom. The van der Waals surface area contributed by atoms with Gasteiger partial charge in [-0.15, -0.1) is 0 Å². The zero-order valence-corrected chi connectivity index (χ0v) is 14.9. The van der Waals surface area contributed by atoms with Crippen molar-refractivity contribution in [1.29, 1.82) is 0 Å². The van der Waals surface area contributed by atoms with Gasteiger partial charge in [0.15, 0.2) is 0 Å². The molecular formula is C18H35N5. The van der Waals surface area contributed by atoms with Gasteiger partial charge in [-0.05, 0) is 82.3 Å². The van der Waals surface area contributed by atoms with Crippen molar-refractivity contribution < 1.29 is 0 Å². The van der Waals surface area contributed by atoms with Crippen molar-refractivity contribution in [2.45, 2.75) is 44.3 Å². The molecule has 5 nitrogen and oxygen atoms in total. The Morgan fingerprint density at radius 2 is 1.39 bits per heavy atom. The first kappa shape index (κ1) is 16.3. The summed E-state index contributed by atoms with van der Waals surface area (Å²) >= 11 is 0. The normalized spacial score (nSPS) is 45.5. The van der Waals surface area contributed by atoms with Crippen molar-refractivity contribution in [3.05, 3.63) is 0 Å². The van der Waals surface area contributed by atoms with Crippen molar-refractivity contribution in [3.63, 3.8) is 0 Å². The summed E-state index contributed by atoms with van der Waals surface area (Å²) in [6.07, 6.45) is 7.72. The second-order valence-electron chi connectivity index (χ2n) is 8.67. The van der Waals surface area contributed by atoms with Crippen LogP contribution in [0.3, 0.4) is 0 Å². The fraction of sp³-hybridized carbons (Fsp3) is 1.00. The van der Waals surface area contributed by atoms with Gasteiger partial charge >= 0.3 is 0 Å². The molecule has 0 radical (unpaired) electrons. The van der Waals surface area contributed by atoms with Gasteiger partial charge in [0.25, 0.3) is 0 Å². The number of hydrogen-bond donors (Lipinski definition) is 4. The van der Waals surface area contributed by atoms with Crippen LogP contribution in [0.15, 0.2) is 0 Å². The Kier molecular flexibility index (Phi) is 4.93. The van der Waals surface area contributed by atoms with Crippen molar-refractivity contribution in [3.8, 4) is 0 Å². The topological polar surface area (TPSA) is 51.4 Å². The molecule has 5 heteroatoms. The molecule has 132 valence electrons. The lowest BCUT2D eigenvalue weighted by atomic mass is 9.69. The third-order valence-electron chi connectivity index (χ3n) is 7.32. The molecule has 3 saturated heterocycles. The van der Waals surface area contributed by atoms with Gasteiger partial charge in [0.2, 0.25) is 0 Å². The summed E-state index contributed by atoms with van der Waals surface area (Å²) in [5.41, 5.74) is 6.66. The first-order chi connectivity index (χ1) is 11.2. The number of fused-ring (bicyclic) bond motifs is 1. The summed E-state index contributed by atoms with van der Waals surface area (Å²) in [5.74, 6) is 4.36. The van der Waals surface area contributed by atoms with Gasteiger partial charge in [0.05, 0.1) is 6.17 Å². The van der Waals surface area contributed by atoms with Gasteiger partial charge in [-0.2, -0.15) is 0 Å². The lowest BCUT2D eigenvalue weighted by molar-refractivity contribution is 0.0976. The Bertz CT molecular complexity index is 387. The maximum atomic E-state index is 3.85. The highest BCUT2D eigenvalue weighted by molar-refractivity contribution is 4.99. The van der Waals surface area contributed by atoms with Crippen LogP contribution in [0.2, 0.25) is 0 Å². The maximum Gasteiger partial charge on any atom is 0.0604 e. The van der Waals surface area contributed by atoms with E-state index in [1.165, 1.54) is 45.2 Å². The fourth-order valence-electron chi connectivity index (χ4n) is 5.80. The SMILES string of the molecule is CN(C)C1CCC(C2CNC3NCC(C4CNNC4)C3C2)CC1. The first-order valence-corrected chi connectivity index (χ1v) is 9.81. The molecule has 4 aliphatic rings. The quantitative estimate of drug-likeness (QED) is 0.613. The van der Waals surface area contributed by atoms with Gasteiger partial charge in [-0.1, -0.05) is 0 Å². The predicted octanol–water partition coefficient (Wildman–Crippen LogP) is 0.602. The summed E-state index contributed by atoms with van der Waals surface area (Å²) < 4.78 is 0. The molecular weight excluding hydrogens is 286 g/mol. The van der Waals surface area contributed by atoms with E-state index in [1.807, 2.05) is 0 Å². The summed E-state index contributed by atoms with van der Waals surface area (Å²) in [7, 11) is 4.49. The van der Waals surface area contributed by atoms with Crippen molar-refractivity contribution in [2.75, 3.05) is 40.3 Å². The molecule has 0 aromatic rings. The fourth-order valence-corrected chi connectivity index (χ4v) is 5.80. The number of rotatable bonds is 3. The van der Waals surface area contributed by atoms with Crippen LogP contribution < -0.4 is 21.5 Å². The van der Waals surface area contributed by atoms with E-state index >= 15 is 0 Å². The van der Waals surface area contributed by atoms with Crippen LogP contribution in [-0.2, 0) is 0 Å². The molecule has 0 bridgehead atoms. The molecule has 23 heavy (non-hydrogen) atoms. The zero-order valence-electron chi connectivity index (χ0n) is 14.9. The molecule has 4 atom stereocenters. The number of piperidine rings is 1. The average Bonchev–Trinajstić information content (AvgIpc) is 3.23. The highest BCUT2D eigenvalue weighted by Crippen LogP contribution is 2.41. The van der Waals surface area contributed by atoms with Crippen LogP contribution in [0.25, 0.3) is 0 Å². The standard InChI is InChI=1S/C18H35N5/c1-23(2)15-5-3-12(4-6-15)13-7-16-17(14-9-21-22-10-14)11-20-18(16)19-8-13/h12-22H,3-11H2,1-2H3. The monoisotopic (exact) mass is 321 g/mol. The Labute approximate surface area is 141 Å². The summed E-state index contributed by atoms with van der Waals surface area (Å²) in [6.45, 7) is 4.73. The van der Waals surface area contributed by atoms with E-state index in [0.29, 0.717) is 6.17 Å². The first-order valence-electron chi connectivity index (χ1n) is 9.81. The Balaban J connectivity index is 1.35. The molecule has 3 aliphatic heterocycles. The van der Waals surface area contributed by atoms with Crippen molar-refractivity contribution in [1.82, 2.24) is 26.4 Å². The minimum absolute atomic E-state index is 0.579. The zero-order chi connectivity index (χ0) is 15.8. The molecule has 0 amide bonds. The van der Waals surface area contributed by atoms with Gasteiger partial charge in [-0.3, -0.25) is 10.9 Å². The van der Waals surface area contributed by atoms with E-state index in [4.69, 9.17) is 0 Å². The van der Waals surface area contributed by atoms with E-state index in [0.717, 1.165) is 48.7 Å². The van der Waals surface area contributed by atoms with Crippen LogP contribution in [0.4, 0.5) is 0 Å². The minimum Gasteiger partial charge on any atom is -0.306 e. The second kappa shape index (κ2) is 6.96. The Hall–Kier alpha value is -0.200. The largest absolute Gasteiger partial charge is 0.306 e. The van der Waals surface area contributed by atoms with Crippen LogP contribution in [-0.4, -0.2) is 57.4 Å². The summed E-state index contributed by atoms with van der Waals surface area (Å²) in [4.78, 5) is 2.43. The van der Waals surface area contributed by atoms with Crippen LogP contribution in [0, 0.1) is 29.6 Å². The van der Waals surface area contributed by atoms with Crippen LogP contribution in [0.5, 0.6) is 0 Å². The summed E-state index contributed by atoms with van der Waals surface area (Å²) in [5, 5.41) is 7.61. The average molecular weight is 322 g/mol.